The van der Waals surface area contributed by atoms with Crippen LogP contribution in [0.25, 0.3) is 0 Å². The van der Waals surface area contributed by atoms with Crippen LogP contribution < -0.4 is 10.6 Å². The van der Waals surface area contributed by atoms with E-state index in [9.17, 15) is 0 Å². The summed E-state index contributed by atoms with van der Waals surface area (Å²) >= 11 is 0. The van der Waals surface area contributed by atoms with Crippen LogP contribution >= 0.6 is 0 Å². The third-order valence-corrected chi connectivity index (χ3v) is 3.58. The number of pyridine rings is 1. The second kappa shape index (κ2) is 5.47. The first kappa shape index (κ1) is 12.3. The van der Waals surface area contributed by atoms with Crippen LogP contribution in [0.3, 0.4) is 0 Å². The third kappa shape index (κ3) is 2.76. The molecular formula is C13H22N4. The molecular weight excluding hydrogens is 212 g/mol. The summed E-state index contributed by atoms with van der Waals surface area (Å²) in [4.78, 5) is 9.16. The standard InChI is InChI=1S/C13H22N4/c1-16(2)12-5-8-17(9-6-12)13-11(10-14)4-3-7-15-13/h3-4,7,12H,5-6,8-10,14H2,1-2H3. The molecule has 2 N–H and O–H groups in total. The van der Waals surface area contributed by atoms with Gasteiger partial charge in [0.2, 0.25) is 0 Å². The fourth-order valence-corrected chi connectivity index (χ4v) is 2.47. The van der Waals surface area contributed by atoms with Gasteiger partial charge in [0.05, 0.1) is 0 Å². The smallest absolute Gasteiger partial charge is 0.133 e. The molecule has 0 aliphatic carbocycles. The number of hydrogen-bond acceptors (Lipinski definition) is 4. The number of anilines is 1. The van der Waals surface area contributed by atoms with Crippen molar-refractivity contribution in [3.8, 4) is 0 Å². The summed E-state index contributed by atoms with van der Waals surface area (Å²) in [6.07, 6.45) is 4.26. The predicted molar refractivity (Wildman–Crippen MR) is 71.1 cm³/mol. The summed E-state index contributed by atoms with van der Waals surface area (Å²) in [6.45, 7) is 2.72. The Balaban J connectivity index is 2.05. The largest absolute Gasteiger partial charge is 0.356 e. The Morgan fingerprint density at radius 1 is 1.41 bits per heavy atom. The van der Waals surface area contributed by atoms with Gasteiger partial charge in [0.1, 0.15) is 5.82 Å². The molecule has 2 heterocycles. The van der Waals surface area contributed by atoms with E-state index in [-0.39, 0.29) is 0 Å². The molecule has 0 unspecified atom stereocenters. The van der Waals surface area contributed by atoms with Crippen LogP contribution in [-0.4, -0.2) is 43.1 Å². The van der Waals surface area contributed by atoms with Gasteiger partial charge in [0.15, 0.2) is 0 Å². The molecule has 0 atom stereocenters. The molecule has 0 bridgehead atoms. The van der Waals surface area contributed by atoms with Crippen molar-refractivity contribution >= 4 is 5.82 Å². The first-order chi connectivity index (χ1) is 8.22. The molecule has 0 radical (unpaired) electrons. The highest BCUT2D eigenvalue weighted by Gasteiger charge is 2.22. The zero-order valence-corrected chi connectivity index (χ0v) is 10.8. The fourth-order valence-electron chi connectivity index (χ4n) is 2.47. The number of nitrogens with two attached hydrogens (primary N) is 1. The van der Waals surface area contributed by atoms with Gasteiger partial charge >= 0.3 is 0 Å². The topological polar surface area (TPSA) is 45.4 Å². The van der Waals surface area contributed by atoms with Crippen LogP contribution in [0.4, 0.5) is 5.82 Å². The molecule has 1 saturated heterocycles. The minimum atomic E-state index is 0.566. The van der Waals surface area contributed by atoms with E-state index in [1.807, 2.05) is 12.3 Å². The maximum atomic E-state index is 5.76. The molecule has 4 heteroatoms. The average Bonchev–Trinajstić information content (AvgIpc) is 2.39. The van der Waals surface area contributed by atoms with Gasteiger partial charge in [-0.2, -0.15) is 0 Å². The molecule has 1 aliphatic heterocycles. The van der Waals surface area contributed by atoms with Crippen LogP contribution in [0.1, 0.15) is 18.4 Å². The maximum absolute atomic E-state index is 5.76. The lowest BCUT2D eigenvalue weighted by Gasteiger charge is -2.36. The summed E-state index contributed by atoms with van der Waals surface area (Å²) < 4.78 is 0. The highest BCUT2D eigenvalue weighted by Crippen LogP contribution is 2.22. The van der Waals surface area contributed by atoms with Crippen LogP contribution in [0.5, 0.6) is 0 Å². The van der Waals surface area contributed by atoms with Crippen molar-refractivity contribution in [3.63, 3.8) is 0 Å². The van der Waals surface area contributed by atoms with Crippen molar-refractivity contribution in [2.75, 3.05) is 32.1 Å². The molecule has 1 fully saturated rings. The van der Waals surface area contributed by atoms with Crippen LogP contribution in [0.2, 0.25) is 0 Å². The van der Waals surface area contributed by atoms with Gasteiger partial charge in [-0.05, 0) is 33.0 Å². The van der Waals surface area contributed by atoms with E-state index in [0.29, 0.717) is 12.6 Å². The first-order valence-corrected chi connectivity index (χ1v) is 6.27. The monoisotopic (exact) mass is 234 g/mol. The van der Waals surface area contributed by atoms with Gasteiger partial charge < -0.3 is 15.5 Å². The zero-order valence-electron chi connectivity index (χ0n) is 10.8. The maximum Gasteiger partial charge on any atom is 0.133 e. The highest BCUT2D eigenvalue weighted by atomic mass is 15.2. The zero-order chi connectivity index (χ0) is 12.3. The molecule has 1 aromatic heterocycles. The van der Waals surface area contributed by atoms with E-state index in [2.05, 4.69) is 34.9 Å². The normalized spacial score (nSPS) is 17.8. The van der Waals surface area contributed by atoms with Crippen LogP contribution in [0, 0.1) is 0 Å². The van der Waals surface area contributed by atoms with Crippen LogP contribution in [0.15, 0.2) is 18.3 Å². The molecule has 17 heavy (non-hydrogen) atoms. The predicted octanol–water partition coefficient (Wildman–Crippen LogP) is 1.07. The summed E-state index contributed by atoms with van der Waals surface area (Å²) in [5.41, 5.74) is 6.91. The Kier molecular flexibility index (Phi) is 3.97. The molecule has 0 amide bonds. The van der Waals surface area contributed by atoms with Crippen molar-refractivity contribution in [2.45, 2.75) is 25.4 Å². The Morgan fingerprint density at radius 3 is 2.71 bits per heavy atom. The van der Waals surface area contributed by atoms with Crippen molar-refractivity contribution in [1.29, 1.82) is 0 Å². The molecule has 2 rings (SSSR count). The van der Waals surface area contributed by atoms with E-state index in [1.54, 1.807) is 0 Å². The molecule has 0 saturated carbocycles. The second-order valence-corrected chi connectivity index (χ2v) is 4.87. The molecule has 0 spiro atoms. The Bertz CT molecular complexity index is 356. The van der Waals surface area contributed by atoms with E-state index in [1.165, 1.54) is 12.8 Å². The van der Waals surface area contributed by atoms with Crippen LogP contribution in [-0.2, 0) is 6.54 Å². The van der Waals surface area contributed by atoms with E-state index in [4.69, 9.17) is 5.73 Å². The highest BCUT2D eigenvalue weighted by molar-refractivity contribution is 5.47. The summed E-state index contributed by atoms with van der Waals surface area (Å²) in [5.74, 6) is 1.08. The van der Waals surface area contributed by atoms with Gasteiger partial charge in [-0.3, -0.25) is 0 Å². The Morgan fingerprint density at radius 2 is 2.12 bits per heavy atom. The fraction of sp³-hybridized carbons (Fsp3) is 0.615. The number of rotatable bonds is 3. The van der Waals surface area contributed by atoms with Crippen molar-refractivity contribution < 1.29 is 0 Å². The third-order valence-electron chi connectivity index (χ3n) is 3.58. The lowest BCUT2D eigenvalue weighted by Crippen LogP contribution is -2.42. The summed E-state index contributed by atoms with van der Waals surface area (Å²) in [6, 6.07) is 4.73. The molecule has 1 aromatic rings. The molecule has 0 aromatic carbocycles. The average molecular weight is 234 g/mol. The number of nitrogens with zero attached hydrogens (tertiary/aromatic N) is 3. The Labute approximate surface area is 103 Å². The van der Waals surface area contributed by atoms with Gasteiger partial charge in [-0.25, -0.2) is 4.98 Å². The summed E-state index contributed by atoms with van der Waals surface area (Å²) in [5, 5.41) is 0. The van der Waals surface area contributed by atoms with Gasteiger partial charge in [0, 0.05) is 37.4 Å². The van der Waals surface area contributed by atoms with Crippen molar-refractivity contribution in [3.05, 3.63) is 23.9 Å². The SMILES string of the molecule is CN(C)C1CCN(c2ncccc2CN)CC1. The summed E-state index contributed by atoms with van der Waals surface area (Å²) in [7, 11) is 4.32. The number of aromatic nitrogens is 1. The van der Waals surface area contributed by atoms with E-state index < -0.39 is 0 Å². The molecule has 1 aliphatic rings. The van der Waals surface area contributed by atoms with Crippen molar-refractivity contribution in [2.24, 2.45) is 5.73 Å². The van der Waals surface area contributed by atoms with Gasteiger partial charge in [-0.1, -0.05) is 6.07 Å². The minimum absolute atomic E-state index is 0.566. The lowest BCUT2D eigenvalue weighted by molar-refractivity contribution is 0.249. The number of hydrogen-bond donors (Lipinski definition) is 1. The molecule has 4 nitrogen and oxygen atoms in total. The van der Waals surface area contributed by atoms with Gasteiger partial charge in [-0.15, -0.1) is 0 Å². The van der Waals surface area contributed by atoms with E-state index in [0.717, 1.165) is 24.5 Å². The first-order valence-electron chi connectivity index (χ1n) is 6.27. The number of piperidine rings is 1. The van der Waals surface area contributed by atoms with Crippen molar-refractivity contribution in [1.82, 2.24) is 9.88 Å². The van der Waals surface area contributed by atoms with E-state index >= 15 is 0 Å². The molecule has 94 valence electrons. The van der Waals surface area contributed by atoms with Gasteiger partial charge in [0.25, 0.3) is 0 Å². The Hall–Kier alpha value is -1.13. The lowest BCUT2D eigenvalue weighted by atomic mass is 10.0. The minimum Gasteiger partial charge on any atom is -0.356 e. The quantitative estimate of drug-likeness (QED) is 0.850. The second-order valence-electron chi connectivity index (χ2n) is 4.87.